The highest BCUT2D eigenvalue weighted by Crippen LogP contribution is 2.40. The fraction of sp³-hybridized carbons (Fsp3) is 0.667. The number of allylic oxidation sites excluding steroid dienone is 1. The first-order valence-electron chi connectivity index (χ1n) is 4.12. The van der Waals surface area contributed by atoms with Crippen molar-refractivity contribution in [2.45, 2.75) is 31.5 Å². The van der Waals surface area contributed by atoms with E-state index in [9.17, 15) is 4.79 Å². The molecule has 1 aliphatic heterocycles. The SMILES string of the molecule is C=CCC1C(=O)CCC2OC21. The molecule has 0 spiro atoms. The van der Waals surface area contributed by atoms with E-state index < -0.39 is 0 Å². The van der Waals surface area contributed by atoms with Crippen molar-refractivity contribution in [3.8, 4) is 0 Å². The van der Waals surface area contributed by atoms with Gasteiger partial charge in [0.15, 0.2) is 0 Å². The zero-order valence-corrected chi connectivity index (χ0v) is 6.45. The molecule has 0 aromatic rings. The van der Waals surface area contributed by atoms with Gasteiger partial charge in [-0.3, -0.25) is 4.79 Å². The lowest BCUT2D eigenvalue weighted by Gasteiger charge is -2.14. The molecular formula is C9H12O2. The van der Waals surface area contributed by atoms with Crippen LogP contribution in [-0.4, -0.2) is 18.0 Å². The molecule has 1 aliphatic carbocycles. The molecule has 0 bridgehead atoms. The average Bonchev–Trinajstić information content (AvgIpc) is 2.74. The number of rotatable bonds is 2. The molecule has 0 aromatic carbocycles. The van der Waals surface area contributed by atoms with Gasteiger partial charge in [0.2, 0.25) is 0 Å². The first-order valence-corrected chi connectivity index (χ1v) is 4.12. The first kappa shape index (κ1) is 7.04. The fourth-order valence-electron chi connectivity index (χ4n) is 1.84. The summed E-state index contributed by atoms with van der Waals surface area (Å²) in [4.78, 5) is 11.3. The third kappa shape index (κ3) is 1.11. The summed E-state index contributed by atoms with van der Waals surface area (Å²) in [7, 11) is 0. The van der Waals surface area contributed by atoms with E-state index in [1.54, 1.807) is 0 Å². The monoisotopic (exact) mass is 152 g/mol. The molecule has 11 heavy (non-hydrogen) atoms. The minimum absolute atomic E-state index is 0.131. The summed E-state index contributed by atoms with van der Waals surface area (Å²) in [5.74, 6) is 0.495. The van der Waals surface area contributed by atoms with Crippen molar-refractivity contribution in [3.63, 3.8) is 0 Å². The van der Waals surface area contributed by atoms with Gasteiger partial charge in [-0.2, -0.15) is 0 Å². The van der Waals surface area contributed by atoms with Crippen LogP contribution in [0.2, 0.25) is 0 Å². The number of ketones is 1. The Hall–Kier alpha value is -0.630. The summed E-state index contributed by atoms with van der Waals surface area (Å²) >= 11 is 0. The standard InChI is InChI=1S/C9H12O2/c1-2-3-6-7(10)4-5-8-9(6)11-8/h2,6,8-9H,1,3-5H2. The number of fused-ring (bicyclic) bond motifs is 1. The van der Waals surface area contributed by atoms with Gasteiger partial charge in [-0.05, 0) is 12.8 Å². The van der Waals surface area contributed by atoms with Crippen LogP contribution in [0.1, 0.15) is 19.3 Å². The maximum atomic E-state index is 11.3. The molecule has 2 rings (SSSR count). The van der Waals surface area contributed by atoms with Crippen LogP contribution in [0.15, 0.2) is 12.7 Å². The molecule has 0 radical (unpaired) electrons. The van der Waals surface area contributed by atoms with Crippen LogP contribution in [0.4, 0.5) is 0 Å². The van der Waals surface area contributed by atoms with E-state index in [0.29, 0.717) is 18.3 Å². The summed E-state index contributed by atoms with van der Waals surface area (Å²) in [5, 5.41) is 0. The Morgan fingerprint density at radius 2 is 2.55 bits per heavy atom. The van der Waals surface area contributed by atoms with Crippen molar-refractivity contribution in [1.29, 1.82) is 0 Å². The lowest BCUT2D eigenvalue weighted by Crippen LogP contribution is -2.25. The Balaban J connectivity index is 2.03. The number of hydrogen-bond acceptors (Lipinski definition) is 2. The number of ether oxygens (including phenoxy) is 1. The molecule has 1 heterocycles. The third-order valence-electron chi connectivity index (χ3n) is 2.53. The van der Waals surface area contributed by atoms with Crippen molar-refractivity contribution in [1.82, 2.24) is 0 Å². The quantitative estimate of drug-likeness (QED) is 0.441. The molecular weight excluding hydrogens is 140 g/mol. The van der Waals surface area contributed by atoms with Crippen LogP contribution in [-0.2, 0) is 9.53 Å². The van der Waals surface area contributed by atoms with Crippen LogP contribution in [0.25, 0.3) is 0 Å². The highest BCUT2D eigenvalue weighted by Gasteiger charge is 2.50. The zero-order chi connectivity index (χ0) is 7.84. The number of epoxide rings is 1. The predicted octanol–water partition coefficient (Wildman–Crippen LogP) is 1.31. The van der Waals surface area contributed by atoms with Crippen LogP contribution >= 0.6 is 0 Å². The zero-order valence-electron chi connectivity index (χ0n) is 6.45. The average molecular weight is 152 g/mol. The van der Waals surface area contributed by atoms with E-state index in [2.05, 4.69) is 6.58 Å². The Labute approximate surface area is 66.2 Å². The van der Waals surface area contributed by atoms with Crippen LogP contribution in [0.5, 0.6) is 0 Å². The second-order valence-electron chi connectivity index (χ2n) is 3.28. The van der Waals surface area contributed by atoms with Gasteiger partial charge >= 0.3 is 0 Å². The number of Topliss-reactive ketones (excluding diaryl/α,β-unsaturated/α-hetero) is 1. The van der Waals surface area contributed by atoms with Crippen molar-refractivity contribution in [2.24, 2.45) is 5.92 Å². The molecule has 0 N–H and O–H groups in total. The van der Waals surface area contributed by atoms with Crippen molar-refractivity contribution in [3.05, 3.63) is 12.7 Å². The lowest BCUT2D eigenvalue weighted by molar-refractivity contribution is -0.123. The summed E-state index contributed by atoms with van der Waals surface area (Å²) in [6, 6.07) is 0. The Morgan fingerprint density at radius 3 is 3.27 bits per heavy atom. The molecule has 0 aromatic heterocycles. The van der Waals surface area contributed by atoms with Crippen molar-refractivity contribution >= 4 is 5.78 Å². The highest BCUT2D eigenvalue weighted by molar-refractivity contribution is 5.83. The van der Waals surface area contributed by atoms with Gasteiger partial charge in [0.1, 0.15) is 5.78 Å². The first-order chi connectivity index (χ1) is 5.33. The van der Waals surface area contributed by atoms with E-state index in [1.165, 1.54) is 0 Å². The summed E-state index contributed by atoms with van der Waals surface area (Å²) in [5.41, 5.74) is 0. The molecule has 2 heteroatoms. The molecule has 0 amide bonds. The minimum Gasteiger partial charge on any atom is -0.369 e. The predicted molar refractivity (Wildman–Crippen MR) is 41.2 cm³/mol. The summed E-state index contributed by atoms with van der Waals surface area (Å²) < 4.78 is 5.34. The van der Waals surface area contributed by atoms with Crippen molar-refractivity contribution in [2.75, 3.05) is 0 Å². The van der Waals surface area contributed by atoms with Crippen LogP contribution in [0, 0.1) is 5.92 Å². The topological polar surface area (TPSA) is 29.6 Å². The molecule has 1 saturated carbocycles. The molecule has 60 valence electrons. The Bertz CT molecular complexity index is 198. The van der Waals surface area contributed by atoms with Crippen LogP contribution in [0.3, 0.4) is 0 Å². The molecule has 3 atom stereocenters. The second-order valence-corrected chi connectivity index (χ2v) is 3.28. The van der Waals surface area contributed by atoms with Crippen LogP contribution < -0.4 is 0 Å². The van der Waals surface area contributed by atoms with Gasteiger partial charge in [0, 0.05) is 12.3 Å². The largest absolute Gasteiger partial charge is 0.369 e. The summed E-state index contributed by atoms with van der Waals surface area (Å²) in [6.07, 6.45) is 4.90. The molecule has 2 fully saturated rings. The fourth-order valence-corrected chi connectivity index (χ4v) is 1.84. The number of carbonyl (C=O) groups excluding carboxylic acids is 1. The van der Waals surface area contributed by atoms with Crippen molar-refractivity contribution < 1.29 is 9.53 Å². The third-order valence-corrected chi connectivity index (χ3v) is 2.53. The lowest BCUT2D eigenvalue weighted by atomic mass is 9.86. The van der Waals surface area contributed by atoms with Gasteiger partial charge < -0.3 is 4.74 Å². The van der Waals surface area contributed by atoms with E-state index in [0.717, 1.165) is 12.8 Å². The minimum atomic E-state index is 0.131. The van der Waals surface area contributed by atoms with E-state index in [-0.39, 0.29) is 12.0 Å². The summed E-state index contributed by atoms with van der Waals surface area (Å²) in [6.45, 7) is 3.63. The van der Waals surface area contributed by atoms with Gasteiger partial charge in [0.05, 0.1) is 12.2 Å². The smallest absolute Gasteiger partial charge is 0.139 e. The van der Waals surface area contributed by atoms with Gasteiger partial charge in [0.25, 0.3) is 0 Å². The Morgan fingerprint density at radius 1 is 1.73 bits per heavy atom. The second kappa shape index (κ2) is 2.45. The Kier molecular flexibility index (Phi) is 1.57. The van der Waals surface area contributed by atoms with E-state index in [1.807, 2.05) is 6.08 Å². The maximum Gasteiger partial charge on any atom is 0.139 e. The van der Waals surface area contributed by atoms with Gasteiger partial charge in [-0.15, -0.1) is 6.58 Å². The molecule has 1 saturated heterocycles. The van der Waals surface area contributed by atoms with E-state index >= 15 is 0 Å². The molecule has 2 nitrogen and oxygen atoms in total. The normalized spacial score (nSPS) is 41.5. The maximum absolute atomic E-state index is 11.3. The number of carbonyl (C=O) groups is 1. The van der Waals surface area contributed by atoms with Gasteiger partial charge in [-0.25, -0.2) is 0 Å². The highest BCUT2D eigenvalue weighted by atomic mass is 16.6. The van der Waals surface area contributed by atoms with Gasteiger partial charge in [-0.1, -0.05) is 6.08 Å². The van der Waals surface area contributed by atoms with E-state index in [4.69, 9.17) is 4.74 Å². The molecule has 2 aliphatic rings. The molecule has 3 unspecified atom stereocenters. The number of hydrogen-bond donors (Lipinski definition) is 0.